The standard InChI is InChI=1S/C17H26N4O/c1-2-5-14-11-21(17-18-8-4-9-19-17)12-15(14)20-16(22)10-13-6-3-7-13/h4,8-9,13-15H,2-3,5-7,10-12H2,1H3,(H,20,22)/t14-,15-/m0/s1. The molecule has 120 valence electrons. The van der Waals surface area contributed by atoms with Gasteiger partial charge in [-0.15, -0.1) is 0 Å². The zero-order valence-electron chi connectivity index (χ0n) is 13.4. The van der Waals surface area contributed by atoms with Gasteiger partial charge in [0.2, 0.25) is 11.9 Å². The van der Waals surface area contributed by atoms with Crippen LogP contribution < -0.4 is 10.2 Å². The van der Waals surface area contributed by atoms with Crippen molar-refractivity contribution in [3.8, 4) is 0 Å². The van der Waals surface area contributed by atoms with Crippen molar-refractivity contribution in [2.45, 2.75) is 51.5 Å². The van der Waals surface area contributed by atoms with Gasteiger partial charge in [-0.05, 0) is 37.2 Å². The Kier molecular flexibility index (Phi) is 4.90. The minimum Gasteiger partial charge on any atom is -0.351 e. The molecule has 1 aromatic heterocycles. The molecule has 22 heavy (non-hydrogen) atoms. The third-order valence-corrected chi connectivity index (χ3v) is 4.98. The molecular weight excluding hydrogens is 276 g/mol. The molecule has 3 rings (SSSR count). The van der Waals surface area contributed by atoms with Gasteiger partial charge in [-0.2, -0.15) is 0 Å². The van der Waals surface area contributed by atoms with Gasteiger partial charge in [-0.1, -0.05) is 19.8 Å². The topological polar surface area (TPSA) is 58.1 Å². The molecule has 0 spiro atoms. The predicted octanol–water partition coefficient (Wildman–Crippen LogP) is 2.39. The van der Waals surface area contributed by atoms with Gasteiger partial charge in [0.15, 0.2) is 0 Å². The molecule has 1 N–H and O–H groups in total. The van der Waals surface area contributed by atoms with Crippen LogP contribution in [-0.4, -0.2) is 35.0 Å². The Morgan fingerprint density at radius 1 is 1.32 bits per heavy atom. The van der Waals surface area contributed by atoms with E-state index in [1.807, 2.05) is 6.07 Å². The maximum absolute atomic E-state index is 12.2. The molecule has 1 aliphatic heterocycles. The summed E-state index contributed by atoms with van der Waals surface area (Å²) in [4.78, 5) is 23.1. The number of aromatic nitrogens is 2. The van der Waals surface area contributed by atoms with Crippen LogP contribution in [0.15, 0.2) is 18.5 Å². The van der Waals surface area contributed by atoms with E-state index in [9.17, 15) is 4.79 Å². The van der Waals surface area contributed by atoms with Crippen LogP contribution in [0.3, 0.4) is 0 Å². The van der Waals surface area contributed by atoms with E-state index in [0.29, 0.717) is 18.3 Å². The lowest BCUT2D eigenvalue weighted by Gasteiger charge is -2.26. The van der Waals surface area contributed by atoms with Crippen molar-refractivity contribution < 1.29 is 4.79 Å². The fourth-order valence-electron chi connectivity index (χ4n) is 3.54. The molecule has 1 amide bonds. The van der Waals surface area contributed by atoms with Crippen molar-refractivity contribution >= 4 is 11.9 Å². The lowest BCUT2D eigenvalue weighted by molar-refractivity contribution is -0.123. The van der Waals surface area contributed by atoms with Gasteiger partial charge in [0.1, 0.15) is 0 Å². The van der Waals surface area contributed by atoms with Gasteiger partial charge in [0.05, 0.1) is 6.04 Å². The molecule has 0 aromatic carbocycles. The summed E-state index contributed by atoms with van der Waals surface area (Å²) < 4.78 is 0. The number of amides is 1. The summed E-state index contributed by atoms with van der Waals surface area (Å²) in [6.45, 7) is 3.96. The summed E-state index contributed by atoms with van der Waals surface area (Å²) >= 11 is 0. The van der Waals surface area contributed by atoms with Crippen molar-refractivity contribution in [2.24, 2.45) is 11.8 Å². The van der Waals surface area contributed by atoms with E-state index in [-0.39, 0.29) is 11.9 Å². The molecule has 0 unspecified atom stereocenters. The Balaban J connectivity index is 1.59. The van der Waals surface area contributed by atoms with Crippen molar-refractivity contribution in [1.82, 2.24) is 15.3 Å². The second kappa shape index (κ2) is 7.07. The highest BCUT2D eigenvalue weighted by molar-refractivity contribution is 5.76. The van der Waals surface area contributed by atoms with Crippen LogP contribution in [0.2, 0.25) is 0 Å². The van der Waals surface area contributed by atoms with E-state index < -0.39 is 0 Å². The first kappa shape index (κ1) is 15.3. The van der Waals surface area contributed by atoms with Crippen LogP contribution in [0, 0.1) is 11.8 Å². The lowest BCUT2D eigenvalue weighted by Crippen LogP contribution is -2.41. The summed E-state index contributed by atoms with van der Waals surface area (Å²) in [5.41, 5.74) is 0. The Morgan fingerprint density at radius 3 is 2.73 bits per heavy atom. The molecule has 1 aromatic rings. The SMILES string of the molecule is CCC[C@H]1CN(c2ncccn2)C[C@@H]1NC(=O)CC1CCC1. The monoisotopic (exact) mass is 302 g/mol. The molecule has 1 aliphatic carbocycles. The number of carbonyl (C=O) groups is 1. The van der Waals surface area contributed by atoms with Crippen LogP contribution in [0.5, 0.6) is 0 Å². The Bertz CT molecular complexity index is 489. The molecule has 5 nitrogen and oxygen atoms in total. The van der Waals surface area contributed by atoms with Gasteiger partial charge in [0, 0.05) is 31.9 Å². The Morgan fingerprint density at radius 2 is 2.09 bits per heavy atom. The summed E-state index contributed by atoms with van der Waals surface area (Å²) in [5.74, 6) is 2.13. The average molecular weight is 302 g/mol. The minimum atomic E-state index is 0.228. The fraction of sp³-hybridized carbons (Fsp3) is 0.706. The van der Waals surface area contributed by atoms with Crippen LogP contribution >= 0.6 is 0 Å². The highest BCUT2D eigenvalue weighted by Crippen LogP contribution is 2.30. The number of anilines is 1. The van der Waals surface area contributed by atoms with E-state index in [1.54, 1.807) is 12.4 Å². The third kappa shape index (κ3) is 3.57. The molecule has 1 saturated heterocycles. The molecule has 0 radical (unpaired) electrons. The molecular formula is C17H26N4O. The second-order valence-electron chi connectivity index (χ2n) is 6.68. The Hall–Kier alpha value is -1.65. The molecule has 2 atom stereocenters. The number of rotatable bonds is 6. The van der Waals surface area contributed by atoms with Gasteiger partial charge < -0.3 is 10.2 Å². The molecule has 0 bridgehead atoms. The molecule has 2 aliphatic rings. The minimum absolute atomic E-state index is 0.228. The predicted molar refractivity (Wildman–Crippen MR) is 86.5 cm³/mol. The van der Waals surface area contributed by atoms with Crippen molar-refractivity contribution in [2.75, 3.05) is 18.0 Å². The highest BCUT2D eigenvalue weighted by atomic mass is 16.1. The summed E-state index contributed by atoms with van der Waals surface area (Å²) in [6, 6.07) is 2.07. The van der Waals surface area contributed by atoms with Crippen LogP contribution in [0.1, 0.15) is 45.4 Å². The zero-order valence-corrected chi connectivity index (χ0v) is 13.4. The first-order chi connectivity index (χ1) is 10.8. The molecule has 2 heterocycles. The molecule has 5 heteroatoms. The Labute approximate surface area is 132 Å². The highest BCUT2D eigenvalue weighted by Gasteiger charge is 2.34. The van der Waals surface area contributed by atoms with E-state index >= 15 is 0 Å². The van der Waals surface area contributed by atoms with Gasteiger partial charge in [-0.25, -0.2) is 9.97 Å². The van der Waals surface area contributed by atoms with Crippen LogP contribution in [0.4, 0.5) is 5.95 Å². The fourth-order valence-corrected chi connectivity index (χ4v) is 3.54. The average Bonchev–Trinajstić information content (AvgIpc) is 2.87. The number of nitrogens with one attached hydrogen (secondary N) is 1. The van der Waals surface area contributed by atoms with Gasteiger partial charge >= 0.3 is 0 Å². The summed E-state index contributed by atoms with van der Waals surface area (Å²) in [6.07, 6.45) is 10.3. The number of nitrogens with zero attached hydrogens (tertiary/aromatic N) is 3. The van der Waals surface area contributed by atoms with Gasteiger partial charge in [0.25, 0.3) is 0 Å². The first-order valence-electron chi connectivity index (χ1n) is 8.57. The van der Waals surface area contributed by atoms with Crippen molar-refractivity contribution in [3.05, 3.63) is 18.5 Å². The van der Waals surface area contributed by atoms with Crippen LogP contribution in [-0.2, 0) is 4.79 Å². The van der Waals surface area contributed by atoms with Crippen molar-refractivity contribution in [1.29, 1.82) is 0 Å². The zero-order chi connectivity index (χ0) is 15.4. The first-order valence-corrected chi connectivity index (χ1v) is 8.57. The normalized spacial score (nSPS) is 25.0. The summed E-state index contributed by atoms with van der Waals surface area (Å²) in [7, 11) is 0. The van der Waals surface area contributed by atoms with E-state index in [2.05, 4.69) is 27.1 Å². The largest absolute Gasteiger partial charge is 0.351 e. The van der Waals surface area contributed by atoms with E-state index in [0.717, 1.165) is 31.9 Å². The second-order valence-corrected chi connectivity index (χ2v) is 6.68. The quantitative estimate of drug-likeness (QED) is 0.876. The molecule has 1 saturated carbocycles. The maximum atomic E-state index is 12.2. The third-order valence-electron chi connectivity index (χ3n) is 4.98. The lowest BCUT2D eigenvalue weighted by atomic mass is 9.82. The molecule has 2 fully saturated rings. The number of hydrogen-bond donors (Lipinski definition) is 1. The van der Waals surface area contributed by atoms with Gasteiger partial charge in [-0.3, -0.25) is 4.79 Å². The number of hydrogen-bond acceptors (Lipinski definition) is 4. The maximum Gasteiger partial charge on any atom is 0.225 e. The van der Waals surface area contributed by atoms with Crippen molar-refractivity contribution in [3.63, 3.8) is 0 Å². The van der Waals surface area contributed by atoms with E-state index in [1.165, 1.54) is 19.3 Å². The van der Waals surface area contributed by atoms with Crippen LogP contribution in [0.25, 0.3) is 0 Å². The number of carbonyl (C=O) groups excluding carboxylic acids is 1. The van der Waals surface area contributed by atoms with E-state index in [4.69, 9.17) is 0 Å². The smallest absolute Gasteiger partial charge is 0.225 e. The summed E-state index contributed by atoms with van der Waals surface area (Å²) in [5, 5.41) is 3.28.